The van der Waals surface area contributed by atoms with E-state index in [0.29, 0.717) is 10.4 Å². The summed E-state index contributed by atoms with van der Waals surface area (Å²) in [7, 11) is 0. The molecule has 0 bridgehead atoms. The van der Waals surface area contributed by atoms with Crippen molar-refractivity contribution in [3.63, 3.8) is 0 Å². The highest BCUT2D eigenvalue weighted by Gasteiger charge is 2.21. The van der Waals surface area contributed by atoms with E-state index in [4.69, 9.17) is 0 Å². The Morgan fingerprint density at radius 2 is 2.23 bits per heavy atom. The van der Waals surface area contributed by atoms with E-state index in [1.807, 2.05) is 0 Å². The van der Waals surface area contributed by atoms with E-state index < -0.39 is 0 Å². The lowest BCUT2D eigenvalue weighted by Gasteiger charge is -2.23. The summed E-state index contributed by atoms with van der Waals surface area (Å²) in [6.07, 6.45) is 5.14. The number of nitrogens with one attached hydrogen (secondary N) is 1. The highest BCUT2D eigenvalue weighted by Crippen LogP contribution is 2.33. The van der Waals surface area contributed by atoms with E-state index in [0.717, 1.165) is 18.7 Å². The molecule has 0 saturated heterocycles. The number of aromatic amines is 1. The Labute approximate surface area is 90.5 Å². The van der Waals surface area contributed by atoms with E-state index in [1.165, 1.54) is 6.42 Å². The van der Waals surface area contributed by atoms with E-state index in [-0.39, 0.29) is 18.0 Å². The van der Waals surface area contributed by atoms with Gasteiger partial charge >= 0.3 is 0 Å². The predicted octanol–water partition coefficient (Wildman–Crippen LogP) is 2.22. The molecule has 1 aliphatic rings. The lowest BCUT2D eigenvalue weighted by atomic mass is 9.85. The van der Waals surface area contributed by atoms with Gasteiger partial charge in [-0.15, -0.1) is 12.4 Å². The predicted molar refractivity (Wildman–Crippen MR) is 56.4 cm³/mol. The maximum atomic E-state index is 11.1. The summed E-state index contributed by atoms with van der Waals surface area (Å²) >= 11 is 3.11. The second kappa shape index (κ2) is 4.24. The molecule has 0 spiro atoms. The van der Waals surface area contributed by atoms with E-state index in [2.05, 4.69) is 25.9 Å². The van der Waals surface area contributed by atoms with Crippen LogP contribution in [-0.2, 0) is 0 Å². The fraction of sp³-hybridized carbons (Fsp3) is 0.500. The van der Waals surface area contributed by atoms with E-state index in [1.54, 1.807) is 6.20 Å². The zero-order valence-electron chi connectivity index (χ0n) is 6.92. The molecule has 0 radical (unpaired) electrons. The number of hydrogen-bond acceptors (Lipinski definition) is 2. The highest BCUT2D eigenvalue weighted by atomic mass is 79.9. The summed E-state index contributed by atoms with van der Waals surface area (Å²) in [6, 6.07) is 0. The molecule has 3 nitrogen and oxygen atoms in total. The first-order chi connectivity index (χ1) is 5.77. The minimum Gasteiger partial charge on any atom is -0.309 e. The normalized spacial score (nSPS) is 16.1. The fourth-order valence-electron chi connectivity index (χ4n) is 1.28. The average Bonchev–Trinajstić information content (AvgIpc) is 1.93. The second-order valence-corrected chi connectivity index (χ2v) is 3.93. The van der Waals surface area contributed by atoms with Crippen molar-refractivity contribution in [2.24, 2.45) is 0 Å². The van der Waals surface area contributed by atoms with Crippen LogP contribution in [0.25, 0.3) is 0 Å². The molecule has 1 aliphatic carbocycles. The summed E-state index contributed by atoms with van der Waals surface area (Å²) in [5.41, 5.74) is -0.0769. The minimum atomic E-state index is -0.0769. The molecular formula is C8H10BrClN2O. The number of hydrogen-bond donors (Lipinski definition) is 1. The maximum Gasteiger partial charge on any atom is 0.265 e. The number of H-pyrrole nitrogens is 1. The van der Waals surface area contributed by atoms with Crippen LogP contribution >= 0.6 is 28.3 Å². The lowest BCUT2D eigenvalue weighted by molar-refractivity contribution is 0.400. The zero-order chi connectivity index (χ0) is 8.55. The van der Waals surface area contributed by atoms with Crippen molar-refractivity contribution in [2.75, 3.05) is 0 Å². The van der Waals surface area contributed by atoms with Crippen molar-refractivity contribution >= 4 is 28.3 Å². The minimum absolute atomic E-state index is 0. The van der Waals surface area contributed by atoms with Gasteiger partial charge in [0.1, 0.15) is 10.3 Å². The lowest BCUT2D eigenvalue weighted by Crippen LogP contribution is -2.18. The van der Waals surface area contributed by atoms with Gasteiger partial charge in [-0.25, -0.2) is 4.98 Å². The Bertz CT molecular complexity index is 348. The van der Waals surface area contributed by atoms with Crippen LogP contribution in [0.5, 0.6) is 0 Å². The van der Waals surface area contributed by atoms with Crippen molar-refractivity contribution in [2.45, 2.75) is 25.2 Å². The van der Waals surface area contributed by atoms with Crippen LogP contribution in [0.3, 0.4) is 0 Å². The van der Waals surface area contributed by atoms with Crippen LogP contribution in [-0.4, -0.2) is 9.97 Å². The van der Waals surface area contributed by atoms with Gasteiger partial charge in [0.2, 0.25) is 0 Å². The van der Waals surface area contributed by atoms with Gasteiger partial charge in [0, 0.05) is 12.1 Å². The molecule has 1 saturated carbocycles. The number of halogens is 2. The molecule has 5 heteroatoms. The number of aromatic nitrogens is 2. The smallest absolute Gasteiger partial charge is 0.265 e. The molecule has 1 fully saturated rings. The molecule has 1 heterocycles. The van der Waals surface area contributed by atoms with E-state index >= 15 is 0 Å². The third-order valence-corrected chi connectivity index (χ3v) is 2.83. The van der Waals surface area contributed by atoms with Crippen molar-refractivity contribution < 1.29 is 0 Å². The van der Waals surface area contributed by atoms with Gasteiger partial charge in [-0.3, -0.25) is 4.79 Å². The van der Waals surface area contributed by atoms with Crippen LogP contribution in [0.2, 0.25) is 0 Å². The van der Waals surface area contributed by atoms with Gasteiger partial charge in [-0.1, -0.05) is 6.42 Å². The summed E-state index contributed by atoms with van der Waals surface area (Å²) in [5, 5.41) is 0. The first kappa shape index (κ1) is 10.7. The molecule has 1 N–H and O–H groups in total. The Balaban J connectivity index is 0.000000845. The van der Waals surface area contributed by atoms with Crippen molar-refractivity contribution in [1.29, 1.82) is 0 Å². The molecule has 0 aliphatic heterocycles. The summed E-state index contributed by atoms with van der Waals surface area (Å²) in [4.78, 5) is 18.1. The standard InChI is InChI=1S/C8H9BrN2O.ClH/c9-6-4-10-7(11-8(6)12)5-2-1-3-5;/h4-5H,1-3H2,(H,10,11,12);1H. The van der Waals surface area contributed by atoms with Gasteiger partial charge in [-0.2, -0.15) is 0 Å². The molecule has 13 heavy (non-hydrogen) atoms. The molecule has 1 aromatic heterocycles. The van der Waals surface area contributed by atoms with Gasteiger partial charge in [0.15, 0.2) is 0 Å². The molecule has 0 aromatic carbocycles. The molecule has 0 unspecified atom stereocenters. The van der Waals surface area contributed by atoms with Gasteiger partial charge in [0.05, 0.1) is 0 Å². The Kier molecular flexibility index (Phi) is 3.50. The first-order valence-corrected chi connectivity index (χ1v) is 4.81. The van der Waals surface area contributed by atoms with Crippen LogP contribution in [0.4, 0.5) is 0 Å². The second-order valence-electron chi connectivity index (χ2n) is 3.07. The van der Waals surface area contributed by atoms with Crippen molar-refractivity contribution in [3.8, 4) is 0 Å². The Hall–Kier alpha value is -0.350. The molecular weight excluding hydrogens is 255 g/mol. The summed E-state index contributed by atoms with van der Waals surface area (Å²) in [5.74, 6) is 1.33. The average molecular weight is 266 g/mol. The van der Waals surface area contributed by atoms with Crippen LogP contribution in [0.15, 0.2) is 15.5 Å². The van der Waals surface area contributed by atoms with Gasteiger partial charge < -0.3 is 4.98 Å². The summed E-state index contributed by atoms with van der Waals surface area (Å²) in [6.45, 7) is 0. The van der Waals surface area contributed by atoms with Crippen LogP contribution in [0, 0.1) is 0 Å². The SMILES string of the molecule is Cl.O=c1[nH]c(C2CCC2)ncc1Br. The zero-order valence-corrected chi connectivity index (χ0v) is 9.32. The molecule has 2 rings (SSSR count). The maximum absolute atomic E-state index is 11.1. The third-order valence-electron chi connectivity index (χ3n) is 2.27. The molecule has 0 amide bonds. The van der Waals surface area contributed by atoms with Crippen molar-refractivity contribution in [3.05, 3.63) is 26.8 Å². The monoisotopic (exact) mass is 264 g/mol. The number of nitrogens with zero attached hydrogens (tertiary/aromatic N) is 1. The topological polar surface area (TPSA) is 45.8 Å². The van der Waals surface area contributed by atoms with Crippen LogP contribution < -0.4 is 5.56 Å². The fourth-order valence-corrected chi connectivity index (χ4v) is 1.48. The molecule has 72 valence electrons. The van der Waals surface area contributed by atoms with E-state index in [9.17, 15) is 4.79 Å². The Morgan fingerprint density at radius 1 is 1.54 bits per heavy atom. The van der Waals surface area contributed by atoms with Gasteiger partial charge in [-0.05, 0) is 28.8 Å². The van der Waals surface area contributed by atoms with Gasteiger partial charge in [0.25, 0.3) is 5.56 Å². The Morgan fingerprint density at radius 3 is 2.69 bits per heavy atom. The quantitative estimate of drug-likeness (QED) is 0.846. The van der Waals surface area contributed by atoms with Crippen molar-refractivity contribution in [1.82, 2.24) is 9.97 Å². The molecule has 1 aromatic rings. The third kappa shape index (κ3) is 2.11. The summed E-state index contributed by atoms with van der Waals surface area (Å²) < 4.78 is 0.505. The largest absolute Gasteiger partial charge is 0.309 e. The number of rotatable bonds is 1. The first-order valence-electron chi connectivity index (χ1n) is 4.02. The molecule has 0 atom stereocenters. The van der Waals surface area contributed by atoms with Crippen LogP contribution in [0.1, 0.15) is 31.0 Å². The highest BCUT2D eigenvalue weighted by molar-refractivity contribution is 9.10.